The molecule has 0 radical (unpaired) electrons. The fourth-order valence-electron chi connectivity index (χ4n) is 2.09. The molecule has 4 aromatic rings. The number of aromatic amines is 2. The van der Waals surface area contributed by atoms with Gasteiger partial charge >= 0.3 is 0 Å². The molecule has 7 heteroatoms. The molecule has 2 aromatic carbocycles. The van der Waals surface area contributed by atoms with Crippen molar-refractivity contribution in [3.8, 4) is 0 Å². The molecule has 21 heavy (non-hydrogen) atoms. The number of benzene rings is 2. The van der Waals surface area contributed by atoms with Crippen molar-refractivity contribution >= 4 is 45.9 Å². The maximum absolute atomic E-state index is 5.61. The van der Waals surface area contributed by atoms with E-state index in [1.807, 2.05) is 48.5 Å². The predicted molar refractivity (Wildman–Crippen MR) is 85.0 cm³/mol. The first kappa shape index (κ1) is 12.8. The molecular weight excluding hydrogens is 304 g/mol. The minimum Gasteiger partial charge on any atom is -0.277 e. The zero-order valence-electron chi connectivity index (χ0n) is 10.7. The Morgan fingerprint density at radius 2 is 1.19 bits per heavy atom. The summed E-state index contributed by atoms with van der Waals surface area (Å²) in [5, 5.41) is 18.2. The zero-order valence-corrected chi connectivity index (χ0v) is 12.4. The highest BCUT2D eigenvalue weighted by Crippen LogP contribution is 2.34. The normalized spacial score (nSPS) is 11.4. The largest absolute Gasteiger partial charge is 0.277 e. The molecule has 104 valence electrons. The molecule has 2 heterocycles. The molecule has 0 fully saturated rings. The van der Waals surface area contributed by atoms with Crippen LogP contribution in [0.5, 0.6) is 0 Å². The van der Waals surface area contributed by atoms with Crippen LogP contribution in [0.4, 0.5) is 0 Å². The van der Waals surface area contributed by atoms with Crippen LogP contribution >= 0.6 is 24.1 Å². The van der Waals surface area contributed by atoms with E-state index in [-0.39, 0.29) is 0 Å². The smallest absolute Gasteiger partial charge is 0.154 e. The van der Waals surface area contributed by atoms with Crippen LogP contribution in [0, 0.1) is 0 Å². The van der Waals surface area contributed by atoms with Gasteiger partial charge in [-0.1, -0.05) is 24.3 Å². The molecule has 2 N–H and O–H groups in total. The van der Waals surface area contributed by atoms with Crippen LogP contribution in [0.1, 0.15) is 0 Å². The third kappa shape index (κ3) is 2.39. The van der Waals surface area contributed by atoms with E-state index in [4.69, 9.17) is 3.63 Å². The second kappa shape index (κ2) is 5.44. The molecule has 2 aromatic heterocycles. The number of hydrogen-bond donors (Lipinski definition) is 2. The lowest BCUT2D eigenvalue weighted by Gasteiger charge is -1.97. The van der Waals surface area contributed by atoms with E-state index in [1.165, 1.54) is 24.1 Å². The van der Waals surface area contributed by atoms with Crippen LogP contribution < -0.4 is 0 Å². The fourth-order valence-corrected chi connectivity index (χ4v) is 3.44. The third-order valence-corrected chi connectivity index (χ3v) is 4.58. The molecule has 0 atom stereocenters. The van der Waals surface area contributed by atoms with E-state index in [9.17, 15) is 0 Å². The summed E-state index contributed by atoms with van der Waals surface area (Å²) in [6.07, 6.45) is 0. The van der Waals surface area contributed by atoms with Crippen LogP contribution in [0.3, 0.4) is 0 Å². The van der Waals surface area contributed by atoms with Gasteiger partial charge in [-0.25, -0.2) is 3.63 Å². The van der Waals surface area contributed by atoms with Crippen molar-refractivity contribution in [1.82, 2.24) is 20.4 Å². The Labute approximate surface area is 128 Å². The Bertz CT molecular complexity index is 828. The summed E-state index contributed by atoms with van der Waals surface area (Å²) in [4.78, 5) is 0. The number of fused-ring (bicyclic) bond motifs is 2. The van der Waals surface area contributed by atoms with Gasteiger partial charge in [-0.2, -0.15) is 10.2 Å². The van der Waals surface area contributed by atoms with Crippen molar-refractivity contribution < 1.29 is 3.63 Å². The van der Waals surface area contributed by atoms with Gasteiger partial charge < -0.3 is 0 Å². The lowest BCUT2D eigenvalue weighted by molar-refractivity contribution is 0.746. The highest BCUT2D eigenvalue weighted by molar-refractivity contribution is 8.08. The predicted octanol–water partition coefficient (Wildman–Crippen LogP) is 4.17. The number of nitrogens with one attached hydrogen (secondary N) is 2. The van der Waals surface area contributed by atoms with Crippen molar-refractivity contribution in [2.24, 2.45) is 0 Å². The average molecular weight is 314 g/mol. The maximum Gasteiger partial charge on any atom is 0.154 e. The Morgan fingerprint density at radius 1 is 0.714 bits per heavy atom. The molecular formula is C14H10N4OS2. The quantitative estimate of drug-likeness (QED) is 0.553. The molecule has 0 unspecified atom stereocenters. The first-order chi connectivity index (χ1) is 10.4. The maximum atomic E-state index is 5.61. The number of aromatic nitrogens is 4. The molecule has 0 saturated carbocycles. The Kier molecular flexibility index (Phi) is 3.30. The molecule has 0 amide bonds. The molecule has 0 saturated heterocycles. The summed E-state index contributed by atoms with van der Waals surface area (Å²) in [6.45, 7) is 0. The van der Waals surface area contributed by atoms with E-state index in [2.05, 4.69) is 20.4 Å². The van der Waals surface area contributed by atoms with E-state index in [1.54, 1.807) is 0 Å². The highest BCUT2D eigenvalue weighted by Gasteiger charge is 2.10. The minimum absolute atomic E-state index is 0.818. The summed E-state index contributed by atoms with van der Waals surface area (Å²) < 4.78 is 5.61. The van der Waals surface area contributed by atoms with Crippen LogP contribution in [0.2, 0.25) is 0 Å². The third-order valence-electron chi connectivity index (χ3n) is 3.10. The Morgan fingerprint density at radius 3 is 1.71 bits per heavy atom. The lowest BCUT2D eigenvalue weighted by atomic mass is 10.3. The topological polar surface area (TPSA) is 66.6 Å². The van der Waals surface area contributed by atoms with Crippen LogP contribution in [-0.4, -0.2) is 20.4 Å². The van der Waals surface area contributed by atoms with Crippen LogP contribution in [0.25, 0.3) is 21.8 Å². The van der Waals surface area contributed by atoms with Crippen molar-refractivity contribution in [2.75, 3.05) is 0 Å². The van der Waals surface area contributed by atoms with Gasteiger partial charge in [0.1, 0.15) is 0 Å². The molecule has 0 bridgehead atoms. The first-order valence-corrected chi connectivity index (χ1v) is 7.77. The van der Waals surface area contributed by atoms with E-state index < -0.39 is 0 Å². The highest BCUT2D eigenvalue weighted by atomic mass is 32.2. The number of nitrogens with zero attached hydrogens (tertiary/aromatic N) is 2. The molecule has 0 spiro atoms. The van der Waals surface area contributed by atoms with Gasteiger partial charge in [0.15, 0.2) is 10.1 Å². The monoisotopic (exact) mass is 314 g/mol. The number of H-pyrrole nitrogens is 2. The number of rotatable bonds is 4. The summed E-state index contributed by atoms with van der Waals surface area (Å²) in [5.74, 6) is 0. The second-order valence-electron chi connectivity index (χ2n) is 4.38. The fraction of sp³-hybridized carbons (Fsp3) is 0. The van der Waals surface area contributed by atoms with Gasteiger partial charge in [-0.15, -0.1) is 0 Å². The number of para-hydroxylation sites is 2. The van der Waals surface area contributed by atoms with Gasteiger partial charge in [0.25, 0.3) is 0 Å². The van der Waals surface area contributed by atoms with Crippen molar-refractivity contribution in [2.45, 2.75) is 10.1 Å². The summed E-state index contributed by atoms with van der Waals surface area (Å²) in [6, 6.07) is 15.9. The number of hydrogen-bond acceptors (Lipinski definition) is 5. The molecule has 5 nitrogen and oxygen atoms in total. The van der Waals surface area contributed by atoms with E-state index in [0.29, 0.717) is 0 Å². The van der Waals surface area contributed by atoms with Crippen molar-refractivity contribution in [3.05, 3.63) is 48.5 Å². The van der Waals surface area contributed by atoms with Crippen molar-refractivity contribution in [3.63, 3.8) is 0 Å². The van der Waals surface area contributed by atoms with Gasteiger partial charge in [-0.3, -0.25) is 10.2 Å². The zero-order chi connectivity index (χ0) is 14.1. The summed E-state index contributed by atoms with van der Waals surface area (Å²) in [7, 11) is 0. The minimum atomic E-state index is 0.818. The van der Waals surface area contributed by atoms with Crippen LogP contribution in [-0.2, 0) is 3.63 Å². The second-order valence-corrected chi connectivity index (χ2v) is 6.03. The molecule has 0 aliphatic rings. The molecule has 4 rings (SSSR count). The van der Waals surface area contributed by atoms with Gasteiger partial charge in [0.2, 0.25) is 0 Å². The summed E-state index contributed by atoms with van der Waals surface area (Å²) in [5.41, 5.74) is 2.00. The van der Waals surface area contributed by atoms with Gasteiger partial charge in [-0.05, 0) is 24.3 Å². The SMILES string of the molecule is c1ccc2c(SOSc3n[nH]c4ccccc34)n[nH]c2c1. The van der Waals surface area contributed by atoms with Gasteiger partial charge in [0.05, 0.1) is 35.1 Å². The Hall–Kier alpha value is -1.96. The van der Waals surface area contributed by atoms with Crippen LogP contribution in [0.15, 0.2) is 58.6 Å². The lowest BCUT2D eigenvalue weighted by Crippen LogP contribution is -1.75. The standard InChI is InChI=1S/C14H10N4OS2/c1-3-7-11-9(5-1)13(17-15-11)20-19-21-14-10-6-2-4-8-12(10)16-18-14/h1-8H,(H,15,17)(H,16,18). The molecule has 0 aliphatic carbocycles. The van der Waals surface area contributed by atoms with Gasteiger partial charge in [0, 0.05) is 10.8 Å². The average Bonchev–Trinajstić information content (AvgIpc) is 3.13. The molecule has 0 aliphatic heterocycles. The Balaban J connectivity index is 1.50. The first-order valence-electron chi connectivity index (χ1n) is 6.29. The van der Waals surface area contributed by atoms with E-state index in [0.717, 1.165) is 31.9 Å². The van der Waals surface area contributed by atoms with Crippen molar-refractivity contribution in [1.29, 1.82) is 0 Å². The van der Waals surface area contributed by atoms with E-state index >= 15 is 0 Å². The summed E-state index contributed by atoms with van der Waals surface area (Å²) >= 11 is 2.46.